The molecule has 13 heavy (non-hydrogen) atoms. The summed E-state index contributed by atoms with van der Waals surface area (Å²) in [5.41, 5.74) is 0. The van der Waals surface area contributed by atoms with Crippen molar-refractivity contribution < 1.29 is 4.74 Å². The molecule has 4 unspecified atom stereocenters. The summed E-state index contributed by atoms with van der Waals surface area (Å²) < 4.78 is 5.60. The van der Waals surface area contributed by atoms with Crippen molar-refractivity contribution in [2.45, 2.75) is 51.6 Å². The molecule has 0 bridgehead atoms. The molecule has 4 atom stereocenters. The van der Waals surface area contributed by atoms with Crippen LogP contribution < -0.4 is 0 Å². The Hall–Kier alpha value is -0.0400. The van der Waals surface area contributed by atoms with Crippen molar-refractivity contribution in [3.8, 4) is 0 Å². The molecule has 0 amide bonds. The first kappa shape index (κ1) is 9.51. The fourth-order valence-corrected chi connectivity index (χ4v) is 3.49. The lowest BCUT2D eigenvalue weighted by Crippen LogP contribution is -2.30. The van der Waals surface area contributed by atoms with Crippen LogP contribution in [-0.2, 0) is 4.74 Å². The van der Waals surface area contributed by atoms with Crippen molar-refractivity contribution in [3.05, 3.63) is 0 Å². The third kappa shape index (κ3) is 1.76. The molecule has 0 aromatic rings. The average Bonchev–Trinajstić information content (AvgIpc) is 2.59. The Labute approximate surface area is 81.9 Å². The maximum atomic E-state index is 5.60. The monoisotopic (exact) mass is 182 g/mol. The van der Waals surface area contributed by atoms with Crippen molar-refractivity contribution in [1.82, 2.24) is 0 Å². The first-order valence-electron chi connectivity index (χ1n) is 5.88. The van der Waals surface area contributed by atoms with Gasteiger partial charge < -0.3 is 4.74 Å². The molecule has 0 saturated heterocycles. The molecule has 0 N–H and O–H groups in total. The Morgan fingerprint density at radius 1 is 1.23 bits per heavy atom. The van der Waals surface area contributed by atoms with Gasteiger partial charge in [-0.2, -0.15) is 0 Å². The summed E-state index contributed by atoms with van der Waals surface area (Å²) in [6.07, 6.45) is 9.09. The molecule has 0 aromatic carbocycles. The SMILES string of the molecule is CCC1CC2CCCC(OC)C2C1. The quantitative estimate of drug-likeness (QED) is 0.637. The van der Waals surface area contributed by atoms with E-state index in [4.69, 9.17) is 4.74 Å². The van der Waals surface area contributed by atoms with Gasteiger partial charge in [0, 0.05) is 7.11 Å². The van der Waals surface area contributed by atoms with Crippen LogP contribution >= 0.6 is 0 Å². The highest BCUT2D eigenvalue weighted by Crippen LogP contribution is 2.46. The highest BCUT2D eigenvalue weighted by atomic mass is 16.5. The molecule has 0 aromatic heterocycles. The zero-order valence-electron chi connectivity index (χ0n) is 8.96. The summed E-state index contributed by atoms with van der Waals surface area (Å²) >= 11 is 0. The second kappa shape index (κ2) is 4.00. The molecule has 2 aliphatic carbocycles. The predicted octanol–water partition coefficient (Wildman–Crippen LogP) is 3.24. The molecule has 0 radical (unpaired) electrons. The predicted molar refractivity (Wildman–Crippen MR) is 54.6 cm³/mol. The molecule has 1 nitrogen and oxygen atoms in total. The highest BCUT2D eigenvalue weighted by molar-refractivity contribution is 4.90. The third-order valence-electron chi connectivity index (χ3n) is 4.27. The topological polar surface area (TPSA) is 9.23 Å². The lowest BCUT2D eigenvalue weighted by molar-refractivity contribution is 0.00665. The minimum atomic E-state index is 0.593. The van der Waals surface area contributed by atoms with E-state index >= 15 is 0 Å². The van der Waals surface area contributed by atoms with Gasteiger partial charge in [0.1, 0.15) is 0 Å². The van der Waals surface area contributed by atoms with Crippen molar-refractivity contribution >= 4 is 0 Å². The molecule has 0 spiro atoms. The van der Waals surface area contributed by atoms with Crippen LogP contribution in [0.2, 0.25) is 0 Å². The first-order valence-corrected chi connectivity index (χ1v) is 5.88. The average molecular weight is 182 g/mol. The van der Waals surface area contributed by atoms with Crippen molar-refractivity contribution in [2.75, 3.05) is 7.11 Å². The molecule has 1 heteroatoms. The minimum absolute atomic E-state index is 0.593. The first-order chi connectivity index (χ1) is 6.35. The zero-order chi connectivity index (χ0) is 9.26. The van der Waals surface area contributed by atoms with Gasteiger partial charge in [-0.1, -0.05) is 19.8 Å². The van der Waals surface area contributed by atoms with Crippen LogP contribution in [0.3, 0.4) is 0 Å². The molecule has 0 aliphatic heterocycles. The summed E-state index contributed by atoms with van der Waals surface area (Å²) in [6.45, 7) is 2.34. The molecule has 0 heterocycles. The van der Waals surface area contributed by atoms with E-state index in [1.165, 1.54) is 38.5 Å². The van der Waals surface area contributed by atoms with Gasteiger partial charge in [-0.3, -0.25) is 0 Å². The van der Waals surface area contributed by atoms with Crippen molar-refractivity contribution in [2.24, 2.45) is 17.8 Å². The number of rotatable bonds is 2. The Kier molecular flexibility index (Phi) is 2.92. The van der Waals surface area contributed by atoms with E-state index in [-0.39, 0.29) is 0 Å². The molecule has 2 fully saturated rings. The van der Waals surface area contributed by atoms with E-state index in [0.717, 1.165) is 17.8 Å². The molecular formula is C12H22O. The van der Waals surface area contributed by atoms with E-state index < -0.39 is 0 Å². The fraction of sp³-hybridized carbons (Fsp3) is 1.00. The number of hydrogen-bond donors (Lipinski definition) is 0. The molecular weight excluding hydrogens is 160 g/mol. The Balaban J connectivity index is 1.99. The number of ether oxygens (including phenoxy) is 1. The summed E-state index contributed by atoms with van der Waals surface area (Å²) in [5, 5.41) is 0. The normalized spacial score (nSPS) is 44.8. The van der Waals surface area contributed by atoms with Crippen LogP contribution in [0.5, 0.6) is 0 Å². The van der Waals surface area contributed by atoms with Crippen LogP contribution in [0.4, 0.5) is 0 Å². The largest absolute Gasteiger partial charge is 0.381 e. The summed E-state index contributed by atoms with van der Waals surface area (Å²) in [6, 6.07) is 0. The molecule has 2 saturated carbocycles. The molecule has 76 valence electrons. The standard InChI is InChI=1S/C12H22O/c1-3-9-7-10-5-4-6-12(13-2)11(10)8-9/h9-12H,3-8H2,1-2H3. The van der Waals surface area contributed by atoms with Gasteiger partial charge in [0.05, 0.1) is 6.10 Å². The lowest BCUT2D eigenvalue weighted by Gasteiger charge is -2.32. The summed E-state index contributed by atoms with van der Waals surface area (Å²) in [5.74, 6) is 2.91. The minimum Gasteiger partial charge on any atom is -0.381 e. The van der Waals surface area contributed by atoms with Gasteiger partial charge in [-0.25, -0.2) is 0 Å². The summed E-state index contributed by atoms with van der Waals surface area (Å²) in [7, 11) is 1.90. The zero-order valence-corrected chi connectivity index (χ0v) is 8.96. The van der Waals surface area contributed by atoms with E-state index in [9.17, 15) is 0 Å². The van der Waals surface area contributed by atoms with Gasteiger partial charge in [0.2, 0.25) is 0 Å². The second-order valence-corrected chi connectivity index (χ2v) is 4.87. The Bertz CT molecular complexity index is 167. The van der Waals surface area contributed by atoms with Crippen LogP contribution in [0.1, 0.15) is 45.4 Å². The van der Waals surface area contributed by atoms with E-state index in [1.807, 2.05) is 7.11 Å². The van der Waals surface area contributed by atoms with Gasteiger partial charge in [0.25, 0.3) is 0 Å². The number of methoxy groups -OCH3 is 1. The Morgan fingerprint density at radius 3 is 2.77 bits per heavy atom. The smallest absolute Gasteiger partial charge is 0.0602 e. The number of hydrogen-bond acceptors (Lipinski definition) is 1. The Morgan fingerprint density at radius 2 is 2.08 bits per heavy atom. The van der Waals surface area contributed by atoms with Crippen molar-refractivity contribution in [3.63, 3.8) is 0 Å². The second-order valence-electron chi connectivity index (χ2n) is 4.87. The lowest BCUT2D eigenvalue weighted by atomic mass is 9.79. The summed E-state index contributed by atoms with van der Waals surface area (Å²) in [4.78, 5) is 0. The van der Waals surface area contributed by atoms with Crippen LogP contribution in [0.25, 0.3) is 0 Å². The maximum Gasteiger partial charge on any atom is 0.0602 e. The van der Waals surface area contributed by atoms with E-state index in [1.54, 1.807) is 0 Å². The van der Waals surface area contributed by atoms with Crippen molar-refractivity contribution in [1.29, 1.82) is 0 Å². The molecule has 2 aliphatic rings. The van der Waals surface area contributed by atoms with Gasteiger partial charge >= 0.3 is 0 Å². The number of fused-ring (bicyclic) bond motifs is 1. The van der Waals surface area contributed by atoms with Gasteiger partial charge in [0.15, 0.2) is 0 Å². The van der Waals surface area contributed by atoms with Crippen LogP contribution in [-0.4, -0.2) is 13.2 Å². The van der Waals surface area contributed by atoms with E-state index in [0.29, 0.717) is 6.10 Å². The van der Waals surface area contributed by atoms with E-state index in [2.05, 4.69) is 6.92 Å². The fourth-order valence-electron chi connectivity index (χ4n) is 3.49. The van der Waals surface area contributed by atoms with Gasteiger partial charge in [-0.05, 0) is 43.4 Å². The molecule has 2 rings (SSSR count). The highest BCUT2D eigenvalue weighted by Gasteiger charge is 2.40. The van der Waals surface area contributed by atoms with Crippen LogP contribution in [0, 0.1) is 17.8 Å². The van der Waals surface area contributed by atoms with Crippen LogP contribution in [0.15, 0.2) is 0 Å². The maximum absolute atomic E-state index is 5.60. The third-order valence-corrected chi connectivity index (χ3v) is 4.27. The van der Waals surface area contributed by atoms with Gasteiger partial charge in [-0.15, -0.1) is 0 Å².